The Kier molecular flexibility index (Phi) is 3.33. The van der Waals surface area contributed by atoms with E-state index in [0.717, 1.165) is 6.54 Å². The molecule has 0 aromatic heterocycles. The van der Waals surface area contributed by atoms with Crippen molar-refractivity contribution in [3.63, 3.8) is 0 Å². The number of nitrogens with two attached hydrogens (primary N) is 1. The number of methoxy groups -OCH3 is 1. The minimum absolute atomic E-state index is 0.130. The summed E-state index contributed by atoms with van der Waals surface area (Å²) in [6, 6.07) is 10.3. The van der Waals surface area contributed by atoms with Crippen molar-refractivity contribution >= 4 is 5.96 Å². The van der Waals surface area contributed by atoms with Gasteiger partial charge in [0.2, 0.25) is 0 Å². The Balaban J connectivity index is 2.15. The molecule has 2 rings (SSSR count). The van der Waals surface area contributed by atoms with E-state index in [0.29, 0.717) is 19.1 Å². The smallest absolute Gasteiger partial charge is 0.192 e. The quantitative estimate of drug-likeness (QED) is 0.850. The van der Waals surface area contributed by atoms with Gasteiger partial charge < -0.3 is 15.4 Å². The molecule has 1 heterocycles. The first-order valence-corrected chi connectivity index (χ1v) is 5.76. The number of benzene rings is 1. The monoisotopic (exact) mass is 233 g/mol. The molecule has 17 heavy (non-hydrogen) atoms. The Morgan fingerprint density at radius 1 is 1.41 bits per heavy atom. The lowest BCUT2D eigenvalue weighted by Gasteiger charge is -2.35. The summed E-state index contributed by atoms with van der Waals surface area (Å²) in [6.45, 7) is 4.22. The number of aliphatic imine (C=N–C) groups is 1. The van der Waals surface area contributed by atoms with Crippen LogP contribution in [-0.2, 0) is 11.3 Å². The van der Waals surface area contributed by atoms with Crippen LogP contribution < -0.4 is 5.73 Å². The fourth-order valence-corrected chi connectivity index (χ4v) is 2.17. The summed E-state index contributed by atoms with van der Waals surface area (Å²) in [5.74, 6) is 0.605. The molecule has 0 fully saturated rings. The van der Waals surface area contributed by atoms with E-state index in [2.05, 4.69) is 28.9 Å². The topological polar surface area (TPSA) is 50.9 Å². The SMILES string of the molecule is COCC1(C)CN=C(N)N1Cc1ccccc1. The Morgan fingerprint density at radius 2 is 2.12 bits per heavy atom. The van der Waals surface area contributed by atoms with Crippen molar-refractivity contribution in [3.05, 3.63) is 35.9 Å². The second kappa shape index (κ2) is 4.75. The zero-order valence-corrected chi connectivity index (χ0v) is 10.4. The van der Waals surface area contributed by atoms with Gasteiger partial charge >= 0.3 is 0 Å². The van der Waals surface area contributed by atoms with Crippen LogP contribution in [-0.4, -0.2) is 36.7 Å². The first kappa shape index (κ1) is 11.9. The van der Waals surface area contributed by atoms with Crippen LogP contribution in [0.4, 0.5) is 0 Å². The van der Waals surface area contributed by atoms with Crippen LogP contribution in [0.1, 0.15) is 12.5 Å². The number of rotatable bonds is 4. The van der Waals surface area contributed by atoms with Crippen LogP contribution in [0.5, 0.6) is 0 Å². The van der Waals surface area contributed by atoms with Gasteiger partial charge in [-0.05, 0) is 12.5 Å². The zero-order valence-electron chi connectivity index (χ0n) is 10.4. The van der Waals surface area contributed by atoms with E-state index in [1.165, 1.54) is 5.56 Å². The summed E-state index contributed by atoms with van der Waals surface area (Å²) in [5.41, 5.74) is 7.05. The summed E-state index contributed by atoms with van der Waals surface area (Å²) < 4.78 is 5.27. The van der Waals surface area contributed by atoms with Gasteiger partial charge in [0.1, 0.15) is 0 Å². The molecule has 92 valence electrons. The Morgan fingerprint density at radius 3 is 2.76 bits per heavy atom. The molecular formula is C13H19N3O. The van der Waals surface area contributed by atoms with E-state index in [4.69, 9.17) is 10.5 Å². The second-order valence-corrected chi connectivity index (χ2v) is 4.68. The van der Waals surface area contributed by atoms with Gasteiger partial charge in [-0.3, -0.25) is 4.99 Å². The molecule has 0 aliphatic carbocycles. The predicted molar refractivity (Wildman–Crippen MR) is 68.8 cm³/mol. The van der Waals surface area contributed by atoms with Gasteiger partial charge in [-0.25, -0.2) is 0 Å². The lowest BCUT2D eigenvalue weighted by atomic mass is 10.0. The predicted octanol–water partition coefficient (Wildman–Crippen LogP) is 1.22. The first-order chi connectivity index (χ1) is 8.15. The third-order valence-electron chi connectivity index (χ3n) is 3.15. The van der Waals surface area contributed by atoms with Crippen molar-refractivity contribution < 1.29 is 4.74 Å². The lowest BCUT2D eigenvalue weighted by molar-refractivity contribution is 0.0753. The highest BCUT2D eigenvalue weighted by molar-refractivity contribution is 5.81. The molecule has 4 nitrogen and oxygen atoms in total. The molecule has 0 bridgehead atoms. The summed E-state index contributed by atoms with van der Waals surface area (Å²) in [4.78, 5) is 6.44. The zero-order chi connectivity index (χ0) is 12.3. The standard InChI is InChI=1S/C13H19N3O/c1-13(10-17-2)9-15-12(14)16(13)8-11-6-4-3-5-7-11/h3-7H,8-10H2,1-2H3,(H2,14,15). The Labute approximate surface area is 102 Å². The number of guanidine groups is 1. The molecule has 1 aromatic rings. The van der Waals surface area contributed by atoms with E-state index < -0.39 is 0 Å². The molecule has 1 unspecified atom stereocenters. The molecule has 2 N–H and O–H groups in total. The van der Waals surface area contributed by atoms with Gasteiger partial charge in [-0.2, -0.15) is 0 Å². The fourth-order valence-electron chi connectivity index (χ4n) is 2.17. The molecule has 0 saturated carbocycles. The van der Waals surface area contributed by atoms with Crippen molar-refractivity contribution in [3.8, 4) is 0 Å². The normalized spacial score (nSPS) is 23.9. The van der Waals surface area contributed by atoms with Crippen LogP contribution >= 0.6 is 0 Å². The average Bonchev–Trinajstić information content (AvgIpc) is 2.60. The third kappa shape index (κ3) is 2.42. The summed E-state index contributed by atoms with van der Waals surface area (Å²) in [5, 5.41) is 0. The lowest BCUT2D eigenvalue weighted by Crippen LogP contribution is -2.51. The number of hydrogen-bond acceptors (Lipinski definition) is 4. The first-order valence-electron chi connectivity index (χ1n) is 5.76. The van der Waals surface area contributed by atoms with Gasteiger partial charge in [-0.1, -0.05) is 30.3 Å². The van der Waals surface area contributed by atoms with Crippen molar-refractivity contribution in [1.29, 1.82) is 0 Å². The van der Waals surface area contributed by atoms with Gasteiger partial charge in [0.15, 0.2) is 5.96 Å². The van der Waals surface area contributed by atoms with E-state index in [-0.39, 0.29) is 5.54 Å². The van der Waals surface area contributed by atoms with Crippen molar-refractivity contribution in [1.82, 2.24) is 4.90 Å². The van der Waals surface area contributed by atoms with Crippen molar-refractivity contribution in [2.45, 2.75) is 19.0 Å². The maximum absolute atomic E-state index is 5.95. The van der Waals surface area contributed by atoms with E-state index in [1.54, 1.807) is 7.11 Å². The largest absolute Gasteiger partial charge is 0.382 e. The summed E-state index contributed by atoms with van der Waals surface area (Å²) in [6.07, 6.45) is 0. The highest BCUT2D eigenvalue weighted by Crippen LogP contribution is 2.24. The molecule has 1 aromatic carbocycles. The van der Waals surface area contributed by atoms with E-state index in [1.807, 2.05) is 18.2 Å². The fraction of sp³-hybridized carbons (Fsp3) is 0.462. The van der Waals surface area contributed by atoms with Gasteiger partial charge in [0, 0.05) is 13.7 Å². The van der Waals surface area contributed by atoms with Crippen LogP contribution in [0.3, 0.4) is 0 Å². The van der Waals surface area contributed by atoms with E-state index in [9.17, 15) is 0 Å². The summed E-state index contributed by atoms with van der Waals surface area (Å²) >= 11 is 0. The van der Waals surface area contributed by atoms with Crippen LogP contribution in [0.2, 0.25) is 0 Å². The maximum Gasteiger partial charge on any atom is 0.192 e. The molecule has 0 saturated heterocycles. The molecular weight excluding hydrogens is 214 g/mol. The minimum atomic E-state index is -0.130. The van der Waals surface area contributed by atoms with Crippen LogP contribution in [0, 0.1) is 0 Å². The van der Waals surface area contributed by atoms with Gasteiger partial charge in [-0.15, -0.1) is 0 Å². The van der Waals surface area contributed by atoms with Crippen LogP contribution in [0.25, 0.3) is 0 Å². The van der Waals surface area contributed by atoms with Crippen molar-refractivity contribution in [2.24, 2.45) is 10.7 Å². The molecule has 4 heteroatoms. The van der Waals surface area contributed by atoms with Gasteiger partial charge in [0.25, 0.3) is 0 Å². The maximum atomic E-state index is 5.95. The number of ether oxygens (including phenoxy) is 1. The number of nitrogens with zero attached hydrogens (tertiary/aromatic N) is 2. The molecule has 1 aliphatic rings. The minimum Gasteiger partial charge on any atom is -0.382 e. The highest BCUT2D eigenvalue weighted by atomic mass is 16.5. The molecule has 1 aliphatic heterocycles. The molecule has 1 atom stereocenters. The Hall–Kier alpha value is -1.55. The third-order valence-corrected chi connectivity index (χ3v) is 3.15. The number of hydrogen-bond donors (Lipinski definition) is 1. The molecule has 0 radical (unpaired) electrons. The molecule has 0 amide bonds. The summed E-state index contributed by atoms with van der Waals surface area (Å²) in [7, 11) is 1.71. The highest BCUT2D eigenvalue weighted by Gasteiger charge is 2.37. The average molecular weight is 233 g/mol. The van der Waals surface area contributed by atoms with Crippen molar-refractivity contribution in [2.75, 3.05) is 20.3 Å². The molecule has 0 spiro atoms. The van der Waals surface area contributed by atoms with E-state index >= 15 is 0 Å². The van der Waals surface area contributed by atoms with Gasteiger partial charge in [0.05, 0.1) is 18.7 Å². The Bertz CT molecular complexity index is 404. The second-order valence-electron chi connectivity index (χ2n) is 4.68. The van der Waals surface area contributed by atoms with Crippen LogP contribution in [0.15, 0.2) is 35.3 Å².